The van der Waals surface area contributed by atoms with Crippen molar-refractivity contribution < 1.29 is 19.0 Å². The third-order valence-corrected chi connectivity index (χ3v) is 5.50. The normalized spacial score (nSPS) is 12.4. The van der Waals surface area contributed by atoms with Gasteiger partial charge in [-0.25, -0.2) is 9.78 Å². The Labute approximate surface area is 196 Å². The molecule has 0 amide bonds. The van der Waals surface area contributed by atoms with Crippen molar-refractivity contribution in [2.75, 3.05) is 6.79 Å². The average molecular weight is 506 g/mol. The van der Waals surface area contributed by atoms with Crippen LogP contribution in [-0.2, 0) is 0 Å². The highest BCUT2D eigenvalue weighted by atomic mass is 79.9. The molecule has 2 heterocycles. The van der Waals surface area contributed by atoms with Gasteiger partial charge in [0, 0.05) is 10.0 Å². The van der Waals surface area contributed by atoms with Crippen LogP contribution in [0.2, 0.25) is 0 Å². The molecule has 0 saturated carbocycles. The van der Waals surface area contributed by atoms with E-state index in [4.69, 9.17) is 14.2 Å². The highest BCUT2D eigenvalue weighted by Gasteiger charge is 2.18. The van der Waals surface area contributed by atoms with Gasteiger partial charge in [-0.15, -0.1) is 0 Å². The lowest BCUT2D eigenvalue weighted by molar-refractivity contribution is 0.0734. The highest BCUT2D eigenvalue weighted by molar-refractivity contribution is 9.10. The fourth-order valence-electron chi connectivity index (χ4n) is 3.39. The number of rotatable bonds is 4. The number of ether oxygens (including phenoxy) is 3. The van der Waals surface area contributed by atoms with E-state index in [0.29, 0.717) is 39.4 Å². The molecule has 0 bridgehead atoms. The Morgan fingerprint density at radius 2 is 1.94 bits per heavy atom. The van der Waals surface area contributed by atoms with Crippen LogP contribution in [0.15, 0.2) is 75.0 Å². The summed E-state index contributed by atoms with van der Waals surface area (Å²) in [6.45, 7) is 1.82. The standard InChI is InChI=1S/C24H16BrN3O5/c1-14-27-19-5-3-2-4-18(19)23(29)28(14)26-12-16-10-17(25)7-9-20(16)33-24(30)15-6-8-21-22(11-15)32-13-31-21/h2-12H,13H2,1H3. The van der Waals surface area contributed by atoms with Gasteiger partial charge in [0.25, 0.3) is 5.56 Å². The summed E-state index contributed by atoms with van der Waals surface area (Å²) in [7, 11) is 0. The van der Waals surface area contributed by atoms with E-state index in [1.807, 2.05) is 6.07 Å². The first-order chi connectivity index (χ1) is 16.0. The predicted molar refractivity (Wildman–Crippen MR) is 125 cm³/mol. The van der Waals surface area contributed by atoms with Crippen molar-refractivity contribution >= 4 is 39.0 Å². The van der Waals surface area contributed by atoms with Gasteiger partial charge in [-0.05, 0) is 55.5 Å². The zero-order valence-corrected chi connectivity index (χ0v) is 18.9. The number of hydrogen-bond donors (Lipinski definition) is 0. The summed E-state index contributed by atoms with van der Waals surface area (Å²) in [4.78, 5) is 30.0. The van der Waals surface area contributed by atoms with E-state index in [1.165, 1.54) is 10.9 Å². The summed E-state index contributed by atoms with van der Waals surface area (Å²) in [5, 5.41) is 4.78. The largest absolute Gasteiger partial charge is 0.454 e. The van der Waals surface area contributed by atoms with Gasteiger partial charge < -0.3 is 14.2 Å². The number of carbonyl (C=O) groups excluding carboxylic acids is 1. The summed E-state index contributed by atoms with van der Waals surface area (Å²) in [5.41, 5.74) is 1.13. The van der Waals surface area contributed by atoms with Gasteiger partial charge >= 0.3 is 5.97 Å². The minimum atomic E-state index is -0.564. The Morgan fingerprint density at radius 3 is 2.82 bits per heavy atom. The lowest BCUT2D eigenvalue weighted by Gasteiger charge is -2.09. The lowest BCUT2D eigenvalue weighted by atomic mass is 10.2. The van der Waals surface area contributed by atoms with Crippen LogP contribution in [0.1, 0.15) is 21.7 Å². The number of aryl methyl sites for hydroxylation is 1. The molecule has 0 unspecified atom stereocenters. The molecule has 1 aliphatic heterocycles. The molecule has 0 atom stereocenters. The number of hydrogen-bond acceptors (Lipinski definition) is 7. The van der Waals surface area contributed by atoms with Gasteiger partial charge in [-0.1, -0.05) is 28.1 Å². The predicted octanol–water partition coefficient (Wildman–Crippen LogP) is 4.30. The molecule has 33 heavy (non-hydrogen) atoms. The molecule has 0 spiro atoms. The maximum Gasteiger partial charge on any atom is 0.343 e. The third kappa shape index (κ3) is 4.10. The minimum Gasteiger partial charge on any atom is -0.454 e. The highest BCUT2D eigenvalue weighted by Crippen LogP contribution is 2.33. The molecule has 0 radical (unpaired) electrons. The second-order valence-electron chi connectivity index (χ2n) is 7.18. The Morgan fingerprint density at radius 1 is 1.12 bits per heavy atom. The van der Waals surface area contributed by atoms with Crippen molar-refractivity contribution in [1.82, 2.24) is 9.66 Å². The molecule has 0 aliphatic carbocycles. The summed E-state index contributed by atoms with van der Waals surface area (Å²) < 4.78 is 18.2. The van der Waals surface area contributed by atoms with Gasteiger partial charge in [-0.2, -0.15) is 9.78 Å². The fourth-order valence-corrected chi connectivity index (χ4v) is 3.76. The van der Waals surface area contributed by atoms with Crippen molar-refractivity contribution in [2.24, 2.45) is 5.10 Å². The molecule has 0 saturated heterocycles. The molecule has 1 aromatic heterocycles. The van der Waals surface area contributed by atoms with Crippen molar-refractivity contribution in [3.8, 4) is 17.2 Å². The number of carbonyl (C=O) groups is 1. The van der Waals surface area contributed by atoms with E-state index in [-0.39, 0.29) is 18.1 Å². The van der Waals surface area contributed by atoms with Gasteiger partial charge in [0.15, 0.2) is 11.5 Å². The van der Waals surface area contributed by atoms with Crippen molar-refractivity contribution in [3.05, 3.63) is 92.4 Å². The van der Waals surface area contributed by atoms with E-state index in [2.05, 4.69) is 26.0 Å². The Balaban J connectivity index is 1.47. The number of halogens is 1. The van der Waals surface area contributed by atoms with E-state index in [0.717, 1.165) is 4.47 Å². The smallest absolute Gasteiger partial charge is 0.343 e. The van der Waals surface area contributed by atoms with E-state index >= 15 is 0 Å². The summed E-state index contributed by atoms with van der Waals surface area (Å²) in [6, 6.07) is 17.0. The molecule has 0 fully saturated rings. The zero-order valence-electron chi connectivity index (χ0n) is 17.3. The Hall–Kier alpha value is -3.98. The van der Waals surface area contributed by atoms with Crippen LogP contribution < -0.4 is 19.8 Å². The maximum atomic E-state index is 12.9. The molecule has 4 aromatic rings. The van der Waals surface area contributed by atoms with Crippen molar-refractivity contribution in [2.45, 2.75) is 6.92 Å². The first-order valence-electron chi connectivity index (χ1n) is 9.94. The van der Waals surface area contributed by atoms with E-state index in [9.17, 15) is 9.59 Å². The molecular weight excluding hydrogens is 490 g/mol. The Bertz CT molecular complexity index is 1500. The third-order valence-electron chi connectivity index (χ3n) is 5.01. The van der Waals surface area contributed by atoms with Gasteiger partial charge in [0.1, 0.15) is 11.6 Å². The van der Waals surface area contributed by atoms with Crippen LogP contribution in [0, 0.1) is 6.92 Å². The number of para-hydroxylation sites is 1. The molecule has 0 N–H and O–H groups in total. The van der Waals surface area contributed by atoms with Crippen LogP contribution >= 0.6 is 15.9 Å². The van der Waals surface area contributed by atoms with Crippen molar-refractivity contribution in [3.63, 3.8) is 0 Å². The van der Waals surface area contributed by atoms with Crippen LogP contribution in [0.3, 0.4) is 0 Å². The van der Waals surface area contributed by atoms with Crippen LogP contribution in [0.5, 0.6) is 17.2 Å². The Kier molecular flexibility index (Phi) is 5.39. The molecule has 9 heteroatoms. The van der Waals surface area contributed by atoms with Crippen LogP contribution in [0.4, 0.5) is 0 Å². The maximum absolute atomic E-state index is 12.9. The van der Waals surface area contributed by atoms with Crippen LogP contribution in [0.25, 0.3) is 10.9 Å². The molecule has 1 aliphatic rings. The first kappa shape index (κ1) is 20.9. The topological polar surface area (TPSA) is 92.0 Å². The van der Waals surface area contributed by atoms with E-state index in [1.54, 1.807) is 61.5 Å². The molecule has 8 nitrogen and oxygen atoms in total. The number of aromatic nitrogens is 2. The lowest BCUT2D eigenvalue weighted by Crippen LogP contribution is -2.20. The van der Waals surface area contributed by atoms with Crippen LogP contribution in [-0.4, -0.2) is 28.6 Å². The molecule has 164 valence electrons. The van der Waals surface area contributed by atoms with Gasteiger partial charge in [0.05, 0.1) is 22.7 Å². The number of esters is 1. The fraction of sp³-hybridized carbons (Fsp3) is 0.0833. The number of fused-ring (bicyclic) bond motifs is 2. The van der Waals surface area contributed by atoms with Gasteiger partial charge in [0.2, 0.25) is 6.79 Å². The second kappa shape index (κ2) is 8.51. The number of nitrogens with zero attached hydrogens (tertiary/aromatic N) is 3. The monoisotopic (exact) mass is 505 g/mol. The summed E-state index contributed by atoms with van der Waals surface area (Å²) in [6.07, 6.45) is 1.46. The first-order valence-corrected chi connectivity index (χ1v) is 10.7. The molecular formula is C24H16BrN3O5. The quantitative estimate of drug-likeness (QED) is 0.233. The van der Waals surface area contributed by atoms with Crippen molar-refractivity contribution in [1.29, 1.82) is 0 Å². The zero-order chi connectivity index (χ0) is 22.9. The second-order valence-corrected chi connectivity index (χ2v) is 8.09. The van der Waals surface area contributed by atoms with E-state index < -0.39 is 5.97 Å². The SMILES string of the molecule is Cc1nc2ccccc2c(=O)n1N=Cc1cc(Br)ccc1OC(=O)c1ccc2c(c1)OCO2. The molecule has 3 aromatic carbocycles. The van der Waals surface area contributed by atoms with Gasteiger partial charge in [-0.3, -0.25) is 4.79 Å². The summed E-state index contributed by atoms with van der Waals surface area (Å²) >= 11 is 3.42. The minimum absolute atomic E-state index is 0.115. The molecule has 5 rings (SSSR count). The number of benzene rings is 3. The average Bonchev–Trinajstić information content (AvgIpc) is 3.28. The summed E-state index contributed by atoms with van der Waals surface area (Å²) in [5.74, 6) is 1.22.